The van der Waals surface area contributed by atoms with Gasteiger partial charge in [0, 0.05) is 13.1 Å². The molecule has 2 aromatic rings. The first-order chi connectivity index (χ1) is 9.69. The third kappa shape index (κ3) is 3.85. The number of anilines is 3. The fourth-order valence-electron chi connectivity index (χ4n) is 1.75. The summed E-state index contributed by atoms with van der Waals surface area (Å²) in [6.45, 7) is 3.50. The number of aromatic nitrogens is 1. The first-order valence-electron chi connectivity index (χ1n) is 6.67. The molecule has 4 N–H and O–H groups in total. The van der Waals surface area contributed by atoms with E-state index in [1.807, 2.05) is 12.1 Å². The molecule has 1 heterocycles. The van der Waals surface area contributed by atoms with Crippen LogP contribution >= 0.6 is 0 Å². The van der Waals surface area contributed by atoms with Gasteiger partial charge < -0.3 is 16.4 Å². The van der Waals surface area contributed by atoms with Gasteiger partial charge in [-0.2, -0.15) is 0 Å². The summed E-state index contributed by atoms with van der Waals surface area (Å²) in [5, 5.41) is 6.38. The fraction of sp³-hybridized carbons (Fsp3) is 0.267. The second kappa shape index (κ2) is 6.75. The van der Waals surface area contributed by atoms with E-state index in [-0.39, 0.29) is 5.82 Å². The average molecular weight is 274 g/mol. The molecule has 0 fully saturated rings. The van der Waals surface area contributed by atoms with Gasteiger partial charge in [-0.25, -0.2) is 9.37 Å². The van der Waals surface area contributed by atoms with Crippen molar-refractivity contribution in [3.8, 4) is 0 Å². The van der Waals surface area contributed by atoms with Crippen LogP contribution in [0.25, 0.3) is 0 Å². The minimum absolute atomic E-state index is 0.231. The second-order valence-corrected chi connectivity index (χ2v) is 4.54. The molecular weight excluding hydrogens is 255 g/mol. The van der Waals surface area contributed by atoms with Gasteiger partial charge in [-0.05, 0) is 36.2 Å². The summed E-state index contributed by atoms with van der Waals surface area (Å²) in [4.78, 5) is 4.42. The Morgan fingerprint density at radius 3 is 2.55 bits per heavy atom. The zero-order valence-corrected chi connectivity index (χ0v) is 11.5. The maximum atomic E-state index is 12.8. The van der Waals surface area contributed by atoms with Crippen molar-refractivity contribution >= 4 is 17.3 Å². The predicted octanol–water partition coefficient (Wildman–Crippen LogP) is 3.24. The minimum atomic E-state index is -0.231. The Bertz CT molecular complexity index is 554. The van der Waals surface area contributed by atoms with Crippen LogP contribution < -0.4 is 16.4 Å². The van der Waals surface area contributed by atoms with E-state index in [2.05, 4.69) is 22.5 Å². The fourth-order valence-corrected chi connectivity index (χ4v) is 1.75. The third-order valence-corrected chi connectivity index (χ3v) is 2.86. The predicted molar refractivity (Wildman–Crippen MR) is 81.2 cm³/mol. The van der Waals surface area contributed by atoms with E-state index in [0.717, 1.165) is 24.3 Å². The van der Waals surface area contributed by atoms with Gasteiger partial charge in [-0.1, -0.05) is 19.1 Å². The minimum Gasteiger partial charge on any atom is -0.396 e. The van der Waals surface area contributed by atoms with Crippen LogP contribution in [-0.2, 0) is 6.54 Å². The SMILES string of the molecule is CCCNc1nc(NCc2ccc(F)cc2)ccc1N. The number of rotatable bonds is 6. The Labute approximate surface area is 118 Å². The molecule has 0 bridgehead atoms. The summed E-state index contributed by atoms with van der Waals surface area (Å²) >= 11 is 0. The van der Waals surface area contributed by atoms with E-state index in [4.69, 9.17) is 5.73 Å². The van der Waals surface area contributed by atoms with Crippen molar-refractivity contribution in [1.82, 2.24) is 4.98 Å². The molecule has 5 heteroatoms. The highest BCUT2D eigenvalue weighted by atomic mass is 19.1. The molecule has 0 aliphatic heterocycles. The summed E-state index contributed by atoms with van der Waals surface area (Å²) in [7, 11) is 0. The van der Waals surface area contributed by atoms with Gasteiger partial charge in [0.15, 0.2) is 5.82 Å². The smallest absolute Gasteiger partial charge is 0.151 e. The van der Waals surface area contributed by atoms with Gasteiger partial charge in [-0.15, -0.1) is 0 Å². The highest BCUT2D eigenvalue weighted by Gasteiger charge is 2.02. The standard InChI is InChI=1S/C15H19FN4/c1-2-9-18-15-13(17)7-8-14(20-15)19-10-11-3-5-12(16)6-4-11/h3-8H,2,9-10,17H2,1H3,(H2,18,19,20). The molecule has 0 aliphatic rings. The van der Waals surface area contributed by atoms with E-state index in [0.29, 0.717) is 18.1 Å². The van der Waals surface area contributed by atoms with Crippen LogP contribution in [0, 0.1) is 5.82 Å². The van der Waals surface area contributed by atoms with E-state index >= 15 is 0 Å². The number of benzene rings is 1. The maximum Gasteiger partial charge on any atom is 0.151 e. The average Bonchev–Trinajstić information content (AvgIpc) is 2.46. The summed E-state index contributed by atoms with van der Waals surface area (Å²) < 4.78 is 12.8. The van der Waals surface area contributed by atoms with Gasteiger partial charge in [0.05, 0.1) is 5.69 Å². The Morgan fingerprint density at radius 1 is 1.10 bits per heavy atom. The number of nitrogens with one attached hydrogen (secondary N) is 2. The number of pyridine rings is 1. The number of hydrogen-bond donors (Lipinski definition) is 3. The molecule has 0 saturated carbocycles. The monoisotopic (exact) mass is 274 g/mol. The topological polar surface area (TPSA) is 63.0 Å². The van der Waals surface area contributed by atoms with Crippen molar-refractivity contribution in [3.05, 3.63) is 47.8 Å². The Morgan fingerprint density at radius 2 is 1.85 bits per heavy atom. The van der Waals surface area contributed by atoms with Crippen molar-refractivity contribution in [2.75, 3.05) is 22.9 Å². The lowest BCUT2D eigenvalue weighted by molar-refractivity contribution is 0.627. The molecule has 0 amide bonds. The van der Waals surface area contributed by atoms with Crippen LogP contribution in [-0.4, -0.2) is 11.5 Å². The molecule has 0 saturated heterocycles. The molecule has 0 unspecified atom stereocenters. The molecule has 0 radical (unpaired) electrons. The van der Waals surface area contributed by atoms with Crippen molar-refractivity contribution in [3.63, 3.8) is 0 Å². The van der Waals surface area contributed by atoms with Crippen LogP contribution in [0.4, 0.5) is 21.7 Å². The Kier molecular flexibility index (Phi) is 4.76. The van der Waals surface area contributed by atoms with Crippen LogP contribution in [0.5, 0.6) is 0 Å². The van der Waals surface area contributed by atoms with Gasteiger partial charge in [0.25, 0.3) is 0 Å². The summed E-state index contributed by atoms with van der Waals surface area (Å²) in [5.74, 6) is 1.20. The van der Waals surface area contributed by atoms with Gasteiger partial charge in [0.1, 0.15) is 11.6 Å². The number of nitrogens with zero attached hydrogens (tertiary/aromatic N) is 1. The number of nitrogens with two attached hydrogens (primary N) is 1. The van der Waals surface area contributed by atoms with Crippen LogP contribution in [0.1, 0.15) is 18.9 Å². The van der Waals surface area contributed by atoms with Crippen LogP contribution in [0.2, 0.25) is 0 Å². The molecule has 106 valence electrons. The van der Waals surface area contributed by atoms with E-state index in [9.17, 15) is 4.39 Å². The van der Waals surface area contributed by atoms with Crippen molar-refractivity contribution in [2.45, 2.75) is 19.9 Å². The highest BCUT2D eigenvalue weighted by molar-refractivity contribution is 5.64. The van der Waals surface area contributed by atoms with Crippen molar-refractivity contribution < 1.29 is 4.39 Å². The molecule has 2 rings (SSSR count). The summed E-state index contributed by atoms with van der Waals surface area (Å²) in [5.41, 5.74) is 7.48. The normalized spacial score (nSPS) is 10.3. The Hall–Kier alpha value is -2.30. The van der Waals surface area contributed by atoms with Crippen LogP contribution in [0.15, 0.2) is 36.4 Å². The molecule has 0 atom stereocenters. The number of halogens is 1. The van der Waals surface area contributed by atoms with Gasteiger partial charge in [0.2, 0.25) is 0 Å². The molecule has 0 aliphatic carbocycles. The van der Waals surface area contributed by atoms with E-state index in [1.165, 1.54) is 12.1 Å². The Balaban J connectivity index is 2.00. The largest absolute Gasteiger partial charge is 0.396 e. The van der Waals surface area contributed by atoms with Crippen LogP contribution in [0.3, 0.4) is 0 Å². The first kappa shape index (κ1) is 14.1. The van der Waals surface area contributed by atoms with Gasteiger partial charge >= 0.3 is 0 Å². The van der Waals surface area contributed by atoms with Crippen molar-refractivity contribution in [1.29, 1.82) is 0 Å². The number of hydrogen-bond acceptors (Lipinski definition) is 4. The maximum absolute atomic E-state index is 12.8. The lowest BCUT2D eigenvalue weighted by Gasteiger charge is -2.11. The number of nitrogen functional groups attached to an aromatic ring is 1. The van der Waals surface area contributed by atoms with Crippen molar-refractivity contribution in [2.24, 2.45) is 0 Å². The molecule has 20 heavy (non-hydrogen) atoms. The molecule has 0 spiro atoms. The van der Waals surface area contributed by atoms with E-state index < -0.39 is 0 Å². The molecular formula is C15H19FN4. The zero-order valence-electron chi connectivity index (χ0n) is 11.5. The summed E-state index contributed by atoms with van der Waals surface area (Å²) in [6.07, 6.45) is 1.01. The lowest BCUT2D eigenvalue weighted by atomic mass is 10.2. The zero-order chi connectivity index (χ0) is 14.4. The highest BCUT2D eigenvalue weighted by Crippen LogP contribution is 2.18. The molecule has 1 aromatic carbocycles. The quantitative estimate of drug-likeness (QED) is 0.756. The first-order valence-corrected chi connectivity index (χ1v) is 6.67. The van der Waals surface area contributed by atoms with E-state index in [1.54, 1.807) is 12.1 Å². The van der Waals surface area contributed by atoms with Gasteiger partial charge in [-0.3, -0.25) is 0 Å². The molecule has 1 aromatic heterocycles. The lowest BCUT2D eigenvalue weighted by Crippen LogP contribution is -2.08. The summed E-state index contributed by atoms with van der Waals surface area (Å²) in [6, 6.07) is 10.0. The second-order valence-electron chi connectivity index (χ2n) is 4.54. The third-order valence-electron chi connectivity index (χ3n) is 2.86. The molecule has 4 nitrogen and oxygen atoms in total.